The van der Waals surface area contributed by atoms with Gasteiger partial charge in [-0.25, -0.2) is 0 Å². The molecule has 1 fully saturated rings. The van der Waals surface area contributed by atoms with E-state index in [1.165, 1.54) is 54.4 Å². The predicted molar refractivity (Wildman–Crippen MR) is 121 cm³/mol. The second-order valence-corrected chi connectivity index (χ2v) is 7.69. The molecule has 2 rings (SSSR count). The highest BCUT2D eigenvalue weighted by atomic mass is 14.9. The molecule has 1 saturated carbocycles. The molecule has 0 unspecified atom stereocenters. The lowest BCUT2D eigenvalue weighted by Gasteiger charge is -2.25. The molecule has 1 nitrogen and oxygen atoms in total. The van der Waals surface area contributed by atoms with E-state index in [0.29, 0.717) is 6.04 Å². The van der Waals surface area contributed by atoms with Crippen molar-refractivity contribution in [2.75, 3.05) is 0 Å². The normalized spacial score (nSPS) is 16.2. The van der Waals surface area contributed by atoms with E-state index in [0.717, 1.165) is 17.7 Å². The van der Waals surface area contributed by atoms with Crippen molar-refractivity contribution in [3.05, 3.63) is 89.2 Å². The molecule has 1 heteroatoms. The second-order valence-electron chi connectivity index (χ2n) is 7.69. The largest absolute Gasteiger partial charge is 0.386 e. The summed E-state index contributed by atoms with van der Waals surface area (Å²) in [5.41, 5.74) is 7.27. The predicted octanol–water partition coefficient (Wildman–Crippen LogP) is 7.07. The third-order valence-corrected chi connectivity index (χ3v) is 5.24. The van der Waals surface area contributed by atoms with Gasteiger partial charge >= 0.3 is 0 Å². The second kappa shape index (κ2) is 10.8. The standard InChI is InChI=1S/C26H35N/c1-6-24(20(2)3)12-10-11-13-25-19-23(17-16-21(25)4)18-22(5)27-26-14-8-7-9-15-26/h6,10-13,16-17,19,26-27H,2,5,7-9,14-15,18H2,1,3-4H3/b12-10-,13-11+,24-6+. The molecule has 0 aliphatic heterocycles. The van der Waals surface area contributed by atoms with Gasteiger partial charge in [0.05, 0.1) is 0 Å². The van der Waals surface area contributed by atoms with Crippen LogP contribution in [0.4, 0.5) is 0 Å². The zero-order chi connectivity index (χ0) is 19.6. The third-order valence-electron chi connectivity index (χ3n) is 5.24. The first-order valence-corrected chi connectivity index (χ1v) is 10.2. The zero-order valence-electron chi connectivity index (χ0n) is 17.4. The molecule has 0 bridgehead atoms. The highest BCUT2D eigenvalue weighted by Gasteiger charge is 2.13. The summed E-state index contributed by atoms with van der Waals surface area (Å²) in [6, 6.07) is 7.32. The number of allylic oxidation sites excluding steroid dienone is 7. The van der Waals surface area contributed by atoms with Gasteiger partial charge in [-0.3, -0.25) is 0 Å². The average Bonchev–Trinajstić information content (AvgIpc) is 2.64. The fourth-order valence-electron chi connectivity index (χ4n) is 3.62. The Morgan fingerprint density at radius 2 is 1.89 bits per heavy atom. The Bertz CT molecular complexity index is 739. The Kier molecular flexibility index (Phi) is 8.39. The maximum Gasteiger partial charge on any atom is 0.0258 e. The molecule has 144 valence electrons. The van der Waals surface area contributed by atoms with Gasteiger partial charge in [-0.15, -0.1) is 0 Å². The summed E-state index contributed by atoms with van der Waals surface area (Å²) in [4.78, 5) is 0. The Labute approximate surface area is 166 Å². The van der Waals surface area contributed by atoms with Crippen LogP contribution in [0.25, 0.3) is 6.08 Å². The number of rotatable bonds is 8. The molecule has 0 aromatic heterocycles. The molecule has 1 aliphatic rings. The summed E-state index contributed by atoms with van der Waals surface area (Å²) in [6.45, 7) is 14.5. The summed E-state index contributed by atoms with van der Waals surface area (Å²) >= 11 is 0. The van der Waals surface area contributed by atoms with Crippen LogP contribution in [-0.4, -0.2) is 6.04 Å². The lowest BCUT2D eigenvalue weighted by Crippen LogP contribution is -2.30. The number of benzene rings is 1. The minimum absolute atomic E-state index is 0.621. The third kappa shape index (κ3) is 7.09. The number of aryl methyl sites for hydroxylation is 1. The van der Waals surface area contributed by atoms with Gasteiger partial charge in [0, 0.05) is 18.2 Å². The lowest BCUT2D eigenvalue weighted by atomic mass is 9.95. The fourth-order valence-corrected chi connectivity index (χ4v) is 3.62. The molecule has 1 N–H and O–H groups in total. The molecule has 0 saturated heterocycles. The number of nitrogens with one attached hydrogen (secondary N) is 1. The van der Waals surface area contributed by atoms with Gasteiger partial charge in [-0.2, -0.15) is 0 Å². The van der Waals surface area contributed by atoms with Crippen LogP contribution in [0.5, 0.6) is 0 Å². The van der Waals surface area contributed by atoms with Gasteiger partial charge < -0.3 is 5.32 Å². The summed E-state index contributed by atoms with van der Waals surface area (Å²) in [5, 5.41) is 3.65. The highest BCUT2D eigenvalue weighted by Crippen LogP contribution is 2.20. The van der Waals surface area contributed by atoms with E-state index < -0.39 is 0 Å². The van der Waals surface area contributed by atoms with Gasteiger partial charge in [0.25, 0.3) is 0 Å². The molecule has 0 atom stereocenters. The molecule has 0 spiro atoms. The van der Waals surface area contributed by atoms with Gasteiger partial charge in [0.2, 0.25) is 0 Å². The van der Waals surface area contributed by atoms with E-state index in [-0.39, 0.29) is 0 Å². The first kappa shape index (κ1) is 21.0. The van der Waals surface area contributed by atoms with Crippen LogP contribution in [0.2, 0.25) is 0 Å². The maximum atomic E-state index is 4.26. The van der Waals surface area contributed by atoms with Crippen LogP contribution in [-0.2, 0) is 6.42 Å². The minimum atomic E-state index is 0.621. The molecular weight excluding hydrogens is 326 g/mol. The molecule has 1 aromatic carbocycles. The number of hydrogen-bond acceptors (Lipinski definition) is 1. The Balaban J connectivity index is 1.98. The van der Waals surface area contributed by atoms with Crippen LogP contribution in [0.15, 0.2) is 72.5 Å². The Hall–Kier alpha value is -2.28. The molecular formula is C26H35N. The van der Waals surface area contributed by atoms with Crippen molar-refractivity contribution in [2.24, 2.45) is 0 Å². The molecule has 0 amide bonds. The van der Waals surface area contributed by atoms with Crippen molar-refractivity contribution < 1.29 is 0 Å². The lowest BCUT2D eigenvalue weighted by molar-refractivity contribution is 0.395. The SMILES string of the molecule is C=C(Cc1ccc(C)c(/C=C/C=C\C(=C/C)C(=C)C)c1)NC1CCCCC1. The van der Waals surface area contributed by atoms with E-state index in [1.54, 1.807) is 0 Å². The van der Waals surface area contributed by atoms with Crippen molar-refractivity contribution in [3.63, 3.8) is 0 Å². The Morgan fingerprint density at radius 3 is 2.56 bits per heavy atom. The first-order valence-electron chi connectivity index (χ1n) is 10.2. The molecule has 1 aromatic rings. The topological polar surface area (TPSA) is 12.0 Å². The summed E-state index contributed by atoms with van der Waals surface area (Å²) in [7, 11) is 0. The van der Waals surface area contributed by atoms with E-state index in [2.05, 4.69) is 74.0 Å². The summed E-state index contributed by atoms with van der Waals surface area (Å²) in [5.74, 6) is 0. The quantitative estimate of drug-likeness (QED) is 0.488. The van der Waals surface area contributed by atoms with Crippen LogP contribution in [0.3, 0.4) is 0 Å². The highest BCUT2D eigenvalue weighted by molar-refractivity contribution is 5.57. The molecule has 0 heterocycles. The first-order chi connectivity index (χ1) is 13.0. The average molecular weight is 362 g/mol. The molecule has 1 aliphatic carbocycles. The minimum Gasteiger partial charge on any atom is -0.386 e. The van der Waals surface area contributed by atoms with E-state index in [9.17, 15) is 0 Å². The van der Waals surface area contributed by atoms with Crippen LogP contribution in [0.1, 0.15) is 62.6 Å². The van der Waals surface area contributed by atoms with Gasteiger partial charge in [-0.05, 0) is 55.9 Å². The van der Waals surface area contributed by atoms with Crippen molar-refractivity contribution in [1.29, 1.82) is 0 Å². The van der Waals surface area contributed by atoms with Gasteiger partial charge in [0.1, 0.15) is 0 Å². The zero-order valence-corrected chi connectivity index (χ0v) is 17.4. The van der Waals surface area contributed by atoms with Crippen molar-refractivity contribution in [3.8, 4) is 0 Å². The van der Waals surface area contributed by atoms with Crippen molar-refractivity contribution in [2.45, 2.75) is 65.3 Å². The van der Waals surface area contributed by atoms with E-state index in [4.69, 9.17) is 0 Å². The summed E-state index contributed by atoms with van der Waals surface area (Å²) in [6.07, 6.45) is 18.1. The monoisotopic (exact) mass is 361 g/mol. The van der Waals surface area contributed by atoms with Crippen LogP contribution >= 0.6 is 0 Å². The maximum absolute atomic E-state index is 4.26. The van der Waals surface area contributed by atoms with Crippen LogP contribution in [0, 0.1) is 6.92 Å². The van der Waals surface area contributed by atoms with Crippen LogP contribution < -0.4 is 5.32 Å². The molecule has 0 radical (unpaired) electrons. The fraction of sp³-hybridized carbons (Fsp3) is 0.385. The smallest absolute Gasteiger partial charge is 0.0258 e. The summed E-state index contributed by atoms with van der Waals surface area (Å²) < 4.78 is 0. The van der Waals surface area contributed by atoms with Gasteiger partial charge in [0.15, 0.2) is 0 Å². The van der Waals surface area contributed by atoms with Gasteiger partial charge in [-0.1, -0.05) is 86.6 Å². The number of hydrogen-bond donors (Lipinski definition) is 1. The Morgan fingerprint density at radius 1 is 1.15 bits per heavy atom. The molecule has 27 heavy (non-hydrogen) atoms. The van der Waals surface area contributed by atoms with Crippen molar-refractivity contribution >= 4 is 6.08 Å². The van der Waals surface area contributed by atoms with E-state index in [1.807, 2.05) is 13.8 Å². The van der Waals surface area contributed by atoms with E-state index >= 15 is 0 Å². The van der Waals surface area contributed by atoms with Crippen molar-refractivity contribution in [1.82, 2.24) is 5.32 Å².